The summed E-state index contributed by atoms with van der Waals surface area (Å²) in [6.45, 7) is 1.56. The van der Waals surface area contributed by atoms with Gasteiger partial charge in [0.05, 0.1) is 11.9 Å². The number of benzene rings is 1. The van der Waals surface area contributed by atoms with Gasteiger partial charge in [-0.1, -0.05) is 24.3 Å². The van der Waals surface area contributed by atoms with Gasteiger partial charge in [-0.15, -0.1) is 0 Å². The van der Waals surface area contributed by atoms with Crippen molar-refractivity contribution < 1.29 is 4.79 Å². The molecule has 0 fully saturated rings. The molecule has 4 heteroatoms. The van der Waals surface area contributed by atoms with Gasteiger partial charge in [0, 0.05) is 23.4 Å². The number of rotatable bonds is 2. The van der Waals surface area contributed by atoms with Gasteiger partial charge in [0.25, 0.3) is 0 Å². The Morgan fingerprint density at radius 3 is 2.65 bits per heavy atom. The Bertz CT molecular complexity index is 648. The van der Waals surface area contributed by atoms with Crippen LogP contribution in [0.2, 0.25) is 0 Å². The number of nitrogens with zero attached hydrogens (tertiary/aromatic N) is 2. The molecular formula is C13H11N3O. The van der Waals surface area contributed by atoms with Crippen LogP contribution in [0.1, 0.15) is 17.3 Å². The molecule has 0 bridgehead atoms. The third kappa shape index (κ3) is 1.63. The van der Waals surface area contributed by atoms with E-state index in [0.717, 1.165) is 22.5 Å². The average Bonchev–Trinajstić information content (AvgIpc) is 2.89. The van der Waals surface area contributed by atoms with Crippen LogP contribution < -0.4 is 0 Å². The van der Waals surface area contributed by atoms with Gasteiger partial charge >= 0.3 is 0 Å². The van der Waals surface area contributed by atoms with Gasteiger partial charge in [-0.05, 0) is 6.92 Å². The molecule has 0 saturated heterocycles. The van der Waals surface area contributed by atoms with Crippen LogP contribution in [0.5, 0.6) is 0 Å². The van der Waals surface area contributed by atoms with Crippen molar-refractivity contribution in [2.24, 2.45) is 0 Å². The average molecular weight is 225 g/mol. The van der Waals surface area contributed by atoms with E-state index >= 15 is 0 Å². The second-order valence-corrected chi connectivity index (χ2v) is 3.95. The number of carbonyl (C=O) groups excluding carboxylic acids is 1. The van der Waals surface area contributed by atoms with Gasteiger partial charge in [-0.25, -0.2) is 9.50 Å². The van der Waals surface area contributed by atoms with E-state index < -0.39 is 0 Å². The fourth-order valence-corrected chi connectivity index (χ4v) is 1.82. The number of H-pyrrole nitrogens is 1. The second-order valence-electron chi connectivity index (χ2n) is 3.95. The van der Waals surface area contributed by atoms with Crippen LogP contribution in [0.25, 0.3) is 16.9 Å². The second kappa shape index (κ2) is 3.59. The maximum Gasteiger partial charge on any atom is 0.159 e. The lowest BCUT2D eigenvalue weighted by Crippen LogP contribution is -1.90. The predicted molar refractivity (Wildman–Crippen MR) is 65.0 cm³/mol. The highest BCUT2D eigenvalue weighted by Gasteiger charge is 2.05. The Balaban J connectivity index is 2.03. The Morgan fingerprint density at radius 1 is 1.24 bits per heavy atom. The van der Waals surface area contributed by atoms with E-state index in [4.69, 9.17) is 0 Å². The molecule has 0 spiro atoms. The molecule has 1 N–H and O–H groups in total. The predicted octanol–water partition coefficient (Wildman–Crippen LogP) is 2.53. The van der Waals surface area contributed by atoms with Crippen LogP contribution in [0, 0.1) is 0 Å². The monoisotopic (exact) mass is 225 g/mol. The number of hydrogen-bond donors (Lipinski definition) is 1. The van der Waals surface area contributed by atoms with Crippen molar-refractivity contribution in [2.75, 3.05) is 0 Å². The number of carbonyl (C=O) groups is 1. The van der Waals surface area contributed by atoms with Crippen molar-refractivity contribution in [3.63, 3.8) is 0 Å². The summed E-state index contributed by atoms with van der Waals surface area (Å²) in [6.07, 6.45) is 3.77. The lowest BCUT2D eigenvalue weighted by molar-refractivity contribution is 0.101. The first kappa shape index (κ1) is 9.84. The summed E-state index contributed by atoms with van der Waals surface area (Å²) in [5.41, 5.74) is 3.51. The molecule has 1 aromatic carbocycles. The standard InChI is InChI=1S/C13H11N3O/c1-9(17)10-2-4-11(5-3-10)12-8-16-13(15-12)6-7-14-16/h2-8,14H,1H3. The summed E-state index contributed by atoms with van der Waals surface area (Å²) in [4.78, 5) is 15.6. The maximum absolute atomic E-state index is 11.2. The summed E-state index contributed by atoms with van der Waals surface area (Å²) >= 11 is 0. The molecule has 3 rings (SSSR count). The van der Waals surface area contributed by atoms with Gasteiger partial charge < -0.3 is 5.10 Å². The van der Waals surface area contributed by atoms with Crippen LogP contribution in [0.3, 0.4) is 0 Å². The molecule has 2 aromatic heterocycles. The molecule has 0 amide bonds. The molecule has 0 aliphatic carbocycles. The Kier molecular flexibility index (Phi) is 2.08. The van der Waals surface area contributed by atoms with Crippen molar-refractivity contribution in [3.8, 4) is 11.3 Å². The normalized spacial score (nSPS) is 10.9. The minimum atomic E-state index is 0.0773. The fraction of sp³-hybridized carbons (Fsp3) is 0.0769. The largest absolute Gasteiger partial charge is 0.300 e. The zero-order chi connectivity index (χ0) is 11.8. The number of ketones is 1. The van der Waals surface area contributed by atoms with Crippen molar-refractivity contribution in [1.29, 1.82) is 0 Å². The lowest BCUT2D eigenvalue weighted by Gasteiger charge is -1.98. The van der Waals surface area contributed by atoms with Crippen molar-refractivity contribution in [3.05, 3.63) is 48.3 Å². The Labute approximate surface area is 97.9 Å². The summed E-state index contributed by atoms with van der Waals surface area (Å²) in [7, 11) is 0. The minimum Gasteiger partial charge on any atom is -0.300 e. The molecule has 0 aliphatic rings. The van der Waals surface area contributed by atoms with Crippen molar-refractivity contribution in [1.82, 2.24) is 14.6 Å². The van der Waals surface area contributed by atoms with Gasteiger partial charge in [-0.2, -0.15) is 0 Å². The van der Waals surface area contributed by atoms with E-state index in [1.807, 2.05) is 47.2 Å². The Morgan fingerprint density at radius 2 is 2.00 bits per heavy atom. The molecule has 17 heavy (non-hydrogen) atoms. The quantitative estimate of drug-likeness (QED) is 0.681. The van der Waals surface area contributed by atoms with Gasteiger partial charge in [0.2, 0.25) is 0 Å². The topological polar surface area (TPSA) is 50.2 Å². The highest BCUT2D eigenvalue weighted by atomic mass is 16.1. The zero-order valence-corrected chi connectivity index (χ0v) is 9.34. The zero-order valence-electron chi connectivity index (χ0n) is 9.34. The molecule has 3 aromatic rings. The van der Waals surface area contributed by atoms with E-state index in [2.05, 4.69) is 10.1 Å². The smallest absolute Gasteiger partial charge is 0.159 e. The molecule has 0 radical (unpaired) electrons. The molecule has 0 atom stereocenters. The van der Waals surface area contributed by atoms with Crippen LogP contribution >= 0.6 is 0 Å². The van der Waals surface area contributed by atoms with E-state index in [-0.39, 0.29) is 5.78 Å². The van der Waals surface area contributed by atoms with Crippen LogP contribution in [-0.4, -0.2) is 20.4 Å². The van der Waals surface area contributed by atoms with Gasteiger partial charge in [0.15, 0.2) is 11.4 Å². The molecule has 4 nitrogen and oxygen atoms in total. The van der Waals surface area contributed by atoms with Crippen LogP contribution in [0.4, 0.5) is 0 Å². The first-order valence-corrected chi connectivity index (χ1v) is 5.38. The minimum absolute atomic E-state index is 0.0773. The highest BCUT2D eigenvalue weighted by molar-refractivity contribution is 5.94. The molecule has 2 heterocycles. The molecule has 0 saturated carbocycles. The molecular weight excluding hydrogens is 214 g/mol. The highest BCUT2D eigenvalue weighted by Crippen LogP contribution is 2.19. The first-order valence-electron chi connectivity index (χ1n) is 5.38. The number of hydrogen-bond acceptors (Lipinski definition) is 2. The summed E-state index contributed by atoms with van der Waals surface area (Å²) in [5, 5.41) is 3.04. The van der Waals surface area contributed by atoms with Crippen LogP contribution in [0.15, 0.2) is 42.7 Å². The molecule has 0 unspecified atom stereocenters. The number of nitrogens with one attached hydrogen (secondary N) is 1. The fourth-order valence-electron chi connectivity index (χ4n) is 1.82. The number of fused-ring (bicyclic) bond motifs is 1. The molecule has 0 aliphatic heterocycles. The first-order chi connectivity index (χ1) is 8.24. The number of imidazole rings is 1. The van der Waals surface area contributed by atoms with Crippen molar-refractivity contribution in [2.45, 2.75) is 6.92 Å². The third-order valence-corrected chi connectivity index (χ3v) is 2.77. The Hall–Kier alpha value is -2.36. The maximum atomic E-state index is 11.2. The van der Waals surface area contributed by atoms with Gasteiger partial charge in [0.1, 0.15) is 0 Å². The molecule has 84 valence electrons. The van der Waals surface area contributed by atoms with E-state index in [0.29, 0.717) is 0 Å². The number of aromatic amines is 1. The van der Waals surface area contributed by atoms with Gasteiger partial charge in [-0.3, -0.25) is 4.79 Å². The van der Waals surface area contributed by atoms with Crippen LogP contribution in [-0.2, 0) is 0 Å². The van der Waals surface area contributed by atoms with E-state index in [1.165, 1.54) is 0 Å². The summed E-state index contributed by atoms with van der Waals surface area (Å²) < 4.78 is 1.86. The van der Waals surface area contributed by atoms with E-state index in [9.17, 15) is 4.79 Å². The number of Topliss-reactive ketones (excluding diaryl/α,β-unsaturated/α-hetero) is 1. The van der Waals surface area contributed by atoms with E-state index in [1.54, 1.807) is 6.92 Å². The SMILES string of the molecule is CC(=O)c1ccc(-c2cn3[nH]ccc3n2)cc1. The summed E-state index contributed by atoms with van der Waals surface area (Å²) in [6, 6.07) is 9.39. The number of aromatic nitrogens is 3. The lowest BCUT2D eigenvalue weighted by atomic mass is 10.1. The van der Waals surface area contributed by atoms with Crippen molar-refractivity contribution >= 4 is 11.4 Å². The third-order valence-electron chi connectivity index (χ3n) is 2.77. The summed E-state index contributed by atoms with van der Waals surface area (Å²) in [5.74, 6) is 0.0773.